The van der Waals surface area contributed by atoms with E-state index < -0.39 is 34.0 Å². The molecule has 3 aromatic carbocycles. The van der Waals surface area contributed by atoms with Crippen molar-refractivity contribution in [2.24, 2.45) is 0 Å². The third kappa shape index (κ3) is 10.3. The molecule has 5 N–H and O–H groups in total. The SMILES string of the molecule is COc1cccc(CNCC(O)C(Cc2ccccc2)NC(=O)c2cc(C(=O)NCc3cncc(O)c3)cc(N(C)S(C)(=O)=O)c2)c1. The largest absolute Gasteiger partial charge is 0.506 e. The van der Waals surface area contributed by atoms with Crippen molar-refractivity contribution in [2.75, 3.05) is 31.3 Å². The Morgan fingerprint density at radius 1 is 0.894 bits per heavy atom. The van der Waals surface area contributed by atoms with E-state index in [9.17, 15) is 28.2 Å². The number of hydrogen-bond donors (Lipinski definition) is 5. The van der Waals surface area contributed by atoms with Gasteiger partial charge in [-0.3, -0.25) is 18.9 Å². The highest BCUT2D eigenvalue weighted by Crippen LogP contribution is 2.22. The number of methoxy groups -OCH3 is 1. The van der Waals surface area contributed by atoms with E-state index in [0.29, 0.717) is 24.3 Å². The van der Waals surface area contributed by atoms with Crippen LogP contribution < -0.4 is 25.0 Å². The second-order valence-corrected chi connectivity index (χ2v) is 13.1. The molecule has 47 heavy (non-hydrogen) atoms. The fourth-order valence-corrected chi connectivity index (χ4v) is 5.28. The lowest BCUT2D eigenvalue weighted by atomic mass is 10.00. The Kier molecular flexibility index (Phi) is 11.9. The van der Waals surface area contributed by atoms with Crippen LogP contribution in [0.5, 0.6) is 11.5 Å². The minimum atomic E-state index is -3.74. The van der Waals surface area contributed by atoms with Crippen molar-refractivity contribution < 1.29 is 33.0 Å². The monoisotopic (exact) mass is 661 g/mol. The molecule has 0 bridgehead atoms. The van der Waals surface area contributed by atoms with E-state index in [-0.39, 0.29) is 35.7 Å². The number of nitrogens with zero attached hydrogens (tertiary/aromatic N) is 2. The number of aromatic hydroxyl groups is 1. The number of ether oxygens (including phenoxy) is 1. The maximum Gasteiger partial charge on any atom is 0.251 e. The summed E-state index contributed by atoms with van der Waals surface area (Å²) >= 11 is 0. The average Bonchev–Trinajstić information content (AvgIpc) is 3.06. The van der Waals surface area contributed by atoms with Crippen LogP contribution in [-0.4, -0.2) is 74.5 Å². The number of aliphatic hydroxyl groups is 1. The van der Waals surface area contributed by atoms with E-state index in [1.54, 1.807) is 7.11 Å². The highest BCUT2D eigenvalue weighted by Gasteiger charge is 2.24. The molecular formula is C34H39N5O7S. The van der Waals surface area contributed by atoms with Gasteiger partial charge in [-0.25, -0.2) is 8.42 Å². The fraction of sp³-hybridized carbons (Fsp3) is 0.265. The summed E-state index contributed by atoms with van der Waals surface area (Å²) in [7, 11) is -0.827. The van der Waals surface area contributed by atoms with Gasteiger partial charge in [0.1, 0.15) is 11.5 Å². The summed E-state index contributed by atoms with van der Waals surface area (Å²) in [4.78, 5) is 30.8. The Morgan fingerprint density at radius 3 is 2.28 bits per heavy atom. The number of anilines is 1. The molecule has 2 amide bonds. The van der Waals surface area contributed by atoms with Gasteiger partial charge in [-0.15, -0.1) is 0 Å². The number of carbonyl (C=O) groups excluding carboxylic acids is 2. The van der Waals surface area contributed by atoms with E-state index in [1.165, 1.54) is 43.7 Å². The molecule has 4 rings (SSSR count). The van der Waals surface area contributed by atoms with Crippen molar-refractivity contribution in [2.45, 2.75) is 31.7 Å². The summed E-state index contributed by atoms with van der Waals surface area (Å²) in [6.07, 6.45) is 3.06. The average molecular weight is 662 g/mol. The summed E-state index contributed by atoms with van der Waals surface area (Å²) < 4.78 is 31.0. The van der Waals surface area contributed by atoms with Crippen LogP contribution in [0.25, 0.3) is 0 Å². The number of aromatic nitrogens is 1. The second-order valence-electron chi connectivity index (χ2n) is 11.1. The summed E-state index contributed by atoms with van der Waals surface area (Å²) in [5, 5.41) is 29.8. The van der Waals surface area contributed by atoms with Crippen molar-refractivity contribution in [1.29, 1.82) is 0 Å². The van der Waals surface area contributed by atoms with Gasteiger partial charge in [-0.2, -0.15) is 0 Å². The smallest absolute Gasteiger partial charge is 0.251 e. The molecule has 2 atom stereocenters. The van der Waals surface area contributed by atoms with Gasteiger partial charge in [-0.1, -0.05) is 42.5 Å². The van der Waals surface area contributed by atoms with Gasteiger partial charge in [0.05, 0.1) is 37.4 Å². The zero-order valence-electron chi connectivity index (χ0n) is 26.4. The molecule has 248 valence electrons. The normalized spacial score (nSPS) is 12.5. The van der Waals surface area contributed by atoms with Crippen LogP contribution in [0.3, 0.4) is 0 Å². The first-order valence-electron chi connectivity index (χ1n) is 14.8. The Hall–Kier alpha value is -4.98. The standard InChI is InChI=1S/C34H39N5O7S/c1-39(47(3,44)45)28-16-26(33(42)37-20-25-12-29(40)21-35-19-25)15-27(17-28)34(43)38-31(14-23-8-5-4-6-9-23)32(41)22-36-18-24-10-7-11-30(13-24)46-2/h4-13,15-17,19,21,31-32,36,40-41H,14,18,20,22H2,1-3H3,(H,37,42)(H,38,43). The molecule has 1 heterocycles. The molecular weight excluding hydrogens is 622 g/mol. The second kappa shape index (κ2) is 16.0. The number of carbonyl (C=O) groups is 2. The number of hydrogen-bond acceptors (Lipinski definition) is 9. The van der Waals surface area contributed by atoms with Crippen LogP contribution in [0.1, 0.15) is 37.4 Å². The van der Waals surface area contributed by atoms with Gasteiger partial charge in [0, 0.05) is 44.0 Å². The number of rotatable bonds is 15. The van der Waals surface area contributed by atoms with Crippen LogP contribution in [0.4, 0.5) is 5.69 Å². The molecule has 13 heteroatoms. The van der Waals surface area contributed by atoms with Crippen molar-refractivity contribution in [1.82, 2.24) is 20.9 Å². The number of amides is 2. The van der Waals surface area contributed by atoms with Crippen molar-refractivity contribution in [3.63, 3.8) is 0 Å². The predicted octanol–water partition coefficient (Wildman–Crippen LogP) is 2.61. The molecule has 0 radical (unpaired) electrons. The van der Waals surface area contributed by atoms with E-state index in [4.69, 9.17) is 4.74 Å². The molecule has 0 fully saturated rings. The zero-order chi connectivity index (χ0) is 34.0. The van der Waals surface area contributed by atoms with Gasteiger partial charge < -0.3 is 30.9 Å². The highest BCUT2D eigenvalue weighted by atomic mass is 32.2. The molecule has 0 saturated heterocycles. The highest BCUT2D eigenvalue weighted by molar-refractivity contribution is 7.92. The lowest BCUT2D eigenvalue weighted by molar-refractivity contribution is 0.0830. The third-order valence-electron chi connectivity index (χ3n) is 7.43. The van der Waals surface area contributed by atoms with Gasteiger partial charge in [0.25, 0.3) is 11.8 Å². The Balaban J connectivity index is 1.56. The zero-order valence-corrected chi connectivity index (χ0v) is 27.2. The third-order valence-corrected chi connectivity index (χ3v) is 8.64. The Labute approximate surface area is 274 Å². The number of nitrogens with one attached hydrogen (secondary N) is 3. The first-order chi connectivity index (χ1) is 22.4. The van der Waals surface area contributed by atoms with Crippen LogP contribution in [0.15, 0.2) is 91.3 Å². The molecule has 0 saturated carbocycles. The summed E-state index contributed by atoms with van der Waals surface area (Å²) in [5.74, 6) is -0.524. The Morgan fingerprint density at radius 2 is 1.60 bits per heavy atom. The van der Waals surface area contributed by atoms with Gasteiger partial charge in [0.2, 0.25) is 10.0 Å². The van der Waals surface area contributed by atoms with Crippen LogP contribution in [0.2, 0.25) is 0 Å². The van der Waals surface area contributed by atoms with Gasteiger partial charge >= 0.3 is 0 Å². The summed E-state index contributed by atoms with van der Waals surface area (Å²) in [6.45, 7) is 0.642. The molecule has 2 unspecified atom stereocenters. The van der Waals surface area contributed by atoms with Crippen LogP contribution in [-0.2, 0) is 29.5 Å². The molecule has 0 aliphatic rings. The molecule has 12 nitrogen and oxygen atoms in total. The van der Waals surface area contributed by atoms with Crippen molar-refractivity contribution in [3.05, 3.63) is 119 Å². The first-order valence-corrected chi connectivity index (χ1v) is 16.6. The fourth-order valence-electron chi connectivity index (χ4n) is 4.79. The minimum absolute atomic E-state index is 0.0248. The Bertz CT molecular complexity index is 1790. The quantitative estimate of drug-likeness (QED) is 0.129. The topological polar surface area (TPSA) is 170 Å². The molecule has 0 aliphatic heterocycles. The lowest BCUT2D eigenvalue weighted by Crippen LogP contribution is -2.48. The summed E-state index contributed by atoms with van der Waals surface area (Å²) in [6, 6.07) is 21.7. The van der Waals surface area contributed by atoms with Crippen molar-refractivity contribution >= 4 is 27.5 Å². The van der Waals surface area contributed by atoms with Crippen LogP contribution in [0, 0.1) is 0 Å². The first kappa shape index (κ1) is 34.9. The number of pyridine rings is 1. The van der Waals surface area contributed by atoms with E-state index in [1.807, 2.05) is 54.6 Å². The lowest BCUT2D eigenvalue weighted by Gasteiger charge is -2.25. The maximum absolute atomic E-state index is 13.7. The predicted molar refractivity (Wildman–Crippen MR) is 179 cm³/mol. The molecule has 4 aromatic rings. The molecule has 1 aromatic heterocycles. The number of benzene rings is 3. The van der Waals surface area contributed by atoms with Crippen LogP contribution >= 0.6 is 0 Å². The van der Waals surface area contributed by atoms with Gasteiger partial charge in [0.15, 0.2) is 0 Å². The molecule has 0 spiro atoms. The minimum Gasteiger partial charge on any atom is -0.506 e. The number of aliphatic hydroxyl groups excluding tert-OH is 1. The molecule has 0 aliphatic carbocycles. The summed E-state index contributed by atoms with van der Waals surface area (Å²) in [5.41, 5.74) is 2.55. The van der Waals surface area contributed by atoms with Crippen molar-refractivity contribution in [3.8, 4) is 11.5 Å². The van der Waals surface area contributed by atoms with Gasteiger partial charge in [-0.05, 0) is 59.5 Å². The number of sulfonamides is 1. The van der Waals surface area contributed by atoms with E-state index >= 15 is 0 Å². The van der Waals surface area contributed by atoms with E-state index in [0.717, 1.165) is 21.7 Å². The van der Waals surface area contributed by atoms with E-state index in [2.05, 4.69) is 20.9 Å². The maximum atomic E-state index is 13.7.